The van der Waals surface area contributed by atoms with E-state index in [0.29, 0.717) is 0 Å². The monoisotopic (exact) mass is 336 g/mol. The van der Waals surface area contributed by atoms with Crippen LogP contribution in [0.2, 0.25) is 0 Å². The van der Waals surface area contributed by atoms with Gasteiger partial charge >= 0.3 is 0 Å². The highest BCUT2D eigenvalue weighted by molar-refractivity contribution is 7.09. The largest absolute Gasteiger partial charge is 0.356 e. The second-order valence-corrected chi connectivity index (χ2v) is 7.13. The van der Waals surface area contributed by atoms with E-state index in [-0.39, 0.29) is 0 Å². The van der Waals surface area contributed by atoms with Crippen molar-refractivity contribution in [3.8, 4) is 0 Å². The van der Waals surface area contributed by atoms with Crippen molar-refractivity contribution >= 4 is 22.6 Å². The molecule has 0 amide bonds. The molecule has 0 bridgehead atoms. The van der Waals surface area contributed by atoms with Gasteiger partial charge in [0.1, 0.15) is 5.82 Å². The zero-order valence-corrected chi connectivity index (χ0v) is 15.1. The minimum atomic E-state index is 0.835. The van der Waals surface area contributed by atoms with Gasteiger partial charge in [-0.2, -0.15) is 4.37 Å². The highest BCUT2D eigenvalue weighted by Crippen LogP contribution is 2.24. The van der Waals surface area contributed by atoms with Crippen LogP contribution in [-0.4, -0.2) is 60.0 Å². The summed E-state index contributed by atoms with van der Waals surface area (Å²) in [6.45, 7) is 7.13. The molecule has 6 nitrogen and oxygen atoms in total. The average molecular weight is 337 g/mol. The first kappa shape index (κ1) is 16.5. The normalized spacial score (nSPS) is 20.3. The fourth-order valence-electron chi connectivity index (χ4n) is 3.41. The maximum Gasteiger partial charge on any atom is 0.205 e. The molecule has 128 valence electrons. The molecule has 1 aromatic rings. The van der Waals surface area contributed by atoms with Gasteiger partial charge in [-0.05, 0) is 18.8 Å². The van der Waals surface area contributed by atoms with Crippen LogP contribution in [0.3, 0.4) is 0 Å². The van der Waals surface area contributed by atoms with Crippen LogP contribution >= 0.6 is 11.5 Å². The lowest BCUT2D eigenvalue weighted by molar-refractivity contribution is 0.368. The predicted molar refractivity (Wildman–Crippen MR) is 96.4 cm³/mol. The smallest absolute Gasteiger partial charge is 0.205 e. The van der Waals surface area contributed by atoms with Gasteiger partial charge in [0.2, 0.25) is 5.13 Å². The van der Waals surface area contributed by atoms with E-state index in [1.807, 2.05) is 7.05 Å². The Morgan fingerprint density at radius 1 is 1.26 bits per heavy atom. The molecule has 2 fully saturated rings. The van der Waals surface area contributed by atoms with E-state index in [9.17, 15) is 0 Å². The highest BCUT2D eigenvalue weighted by atomic mass is 32.1. The van der Waals surface area contributed by atoms with Crippen molar-refractivity contribution in [2.24, 2.45) is 10.9 Å². The molecule has 1 aliphatic heterocycles. The number of aromatic nitrogens is 2. The molecule has 3 rings (SSSR count). The van der Waals surface area contributed by atoms with Crippen LogP contribution in [0.1, 0.15) is 38.4 Å². The number of guanidine groups is 1. The van der Waals surface area contributed by atoms with Gasteiger partial charge in [-0.25, -0.2) is 4.98 Å². The summed E-state index contributed by atoms with van der Waals surface area (Å²) in [5.41, 5.74) is 0. The van der Waals surface area contributed by atoms with Crippen LogP contribution in [0.5, 0.6) is 0 Å². The number of anilines is 1. The van der Waals surface area contributed by atoms with E-state index < -0.39 is 0 Å². The Morgan fingerprint density at radius 2 is 2.00 bits per heavy atom. The first-order valence-electron chi connectivity index (χ1n) is 8.83. The standard InChI is InChI=1S/C16H28N6S/c1-3-14-19-16(23-20-14)22-10-8-21(9-11-22)15(17-2)18-12-13-6-4-5-7-13/h13H,3-12H2,1-2H3,(H,17,18). The Morgan fingerprint density at radius 3 is 2.61 bits per heavy atom. The number of nitrogens with one attached hydrogen (secondary N) is 1. The molecule has 0 aromatic carbocycles. The second-order valence-electron chi connectivity index (χ2n) is 6.40. The van der Waals surface area contributed by atoms with Gasteiger partial charge in [0.25, 0.3) is 0 Å². The minimum absolute atomic E-state index is 0.835. The molecule has 1 saturated carbocycles. The Bertz CT molecular complexity index is 514. The molecule has 2 heterocycles. The molecule has 0 atom stereocenters. The molecule has 1 aliphatic carbocycles. The molecule has 0 spiro atoms. The second kappa shape index (κ2) is 7.95. The van der Waals surface area contributed by atoms with Crippen LogP contribution in [-0.2, 0) is 6.42 Å². The van der Waals surface area contributed by atoms with Crippen molar-refractivity contribution in [2.75, 3.05) is 44.7 Å². The van der Waals surface area contributed by atoms with Crippen molar-refractivity contribution in [2.45, 2.75) is 39.0 Å². The topological polar surface area (TPSA) is 56.7 Å². The van der Waals surface area contributed by atoms with Crippen LogP contribution < -0.4 is 10.2 Å². The lowest BCUT2D eigenvalue weighted by Gasteiger charge is -2.36. The maximum absolute atomic E-state index is 4.60. The SMILES string of the molecule is CCc1nsc(N2CCN(C(=NC)NCC3CCCC3)CC2)n1. The first-order valence-corrected chi connectivity index (χ1v) is 9.60. The predicted octanol–water partition coefficient (Wildman–Crippen LogP) is 1.99. The van der Waals surface area contributed by atoms with Crippen molar-refractivity contribution in [3.63, 3.8) is 0 Å². The molecule has 0 radical (unpaired) electrons. The zero-order valence-electron chi connectivity index (χ0n) is 14.3. The molecular formula is C16H28N6S. The van der Waals surface area contributed by atoms with E-state index in [2.05, 4.69) is 36.4 Å². The lowest BCUT2D eigenvalue weighted by atomic mass is 10.1. The van der Waals surface area contributed by atoms with Crippen LogP contribution in [0.25, 0.3) is 0 Å². The number of piperazine rings is 1. The molecule has 1 saturated heterocycles. The van der Waals surface area contributed by atoms with Gasteiger partial charge in [-0.15, -0.1) is 0 Å². The van der Waals surface area contributed by atoms with Crippen molar-refractivity contribution in [1.29, 1.82) is 0 Å². The molecule has 1 aromatic heterocycles. The minimum Gasteiger partial charge on any atom is -0.356 e. The zero-order chi connectivity index (χ0) is 16.1. The maximum atomic E-state index is 4.60. The third kappa shape index (κ3) is 4.13. The number of rotatable bonds is 4. The van der Waals surface area contributed by atoms with E-state index in [4.69, 9.17) is 0 Å². The molecule has 2 aliphatic rings. The summed E-state index contributed by atoms with van der Waals surface area (Å²) in [5.74, 6) is 2.85. The van der Waals surface area contributed by atoms with E-state index in [0.717, 1.165) is 62.0 Å². The van der Waals surface area contributed by atoms with Gasteiger partial charge in [0.05, 0.1) is 0 Å². The van der Waals surface area contributed by atoms with Gasteiger partial charge in [-0.1, -0.05) is 19.8 Å². The average Bonchev–Trinajstić information content (AvgIpc) is 3.27. The van der Waals surface area contributed by atoms with Crippen molar-refractivity contribution in [3.05, 3.63) is 5.82 Å². The summed E-state index contributed by atoms with van der Waals surface area (Å²) in [6.07, 6.45) is 6.44. The van der Waals surface area contributed by atoms with Crippen LogP contribution in [0, 0.1) is 5.92 Å². The summed E-state index contributed by atoms with van der Waals surface area (Å²) in [5, 5.41) is 4.65. The number of hydrogen-bond donors (Lipinski definition) is 1. The van der Waals surface area contributed by atoms with E-state index in [1.54, 1.807) is 0 Å². The van der Waals surface area contributed by atoms with Crippen molar-refractivity contribution < 1.29 is 0 Å². The molecular weight excluding hydrogens is 308 g/mol. The third-order valence-corrected chi connectivity index (χ3v) is 5.67. The Kier molecular flexibility index (Phi) is 5.70. The summed E-state index contributed by atoms with van der Waals surface area (Å²) in [6, 6.07) is 0. The number of aliphatic imine (C=N–C) groups is 1. The lowest BCUT2D eigenvalue weighted by Crippen LogP contribution is -2.53. The molecule has 7 heteroatoms. The summed E-state index contributed by atoms with van der Waals surface area (Å²) in [7, 11) is 1.89. The fourth-order valence-corrected chi connectivity index (χ4v) is 4.21. The molecule has 0 unspecified atom stereocenters. The molecule has 1 N–H and O–H groups in total. The molecule has 23 heavy (non-hydrogen) atoms. The van der Waals surface area contributed by atoms with E-state index >= 15 is 0 Å². The summed E-state index contributed by atoms with van der Waals surface area (Å²) >= 11 is 1.52. The Labute approximate surface area is 143 Å². The number of aryl methyl sites for hydroxylation is 1. The number of hydrogen-bond acceptors (Lipinski definition) is 5. The van der Waals surface area contributed by atoms with Gasteiger partial charge in [-0.3, -0.25) is 4.99 Å². The summed E-state index contributed by atoms with van der Waals surface area (Å²) in [4.78, 5) is 13.8. The number of nitrogens with zero attached hydrogens (tertiary/aromatic N) is 5. The van der Waals surface area contributed by atoms with Crippen molar-refractivity contribution in [1.82, 2.24) is 19.6 Å². The van der Waals surface area contributed by atoms with E-state index in [1.165, 1.54) is 37.2 Å². The van der Waals surface area contributed by atoms with Gasteiger partial charge in [0, 0.05) is 57.7 Å². The quantitative estimate of drug-likeness (QED) is 0.673. The Hall–Kier alpha value is -1.37. The third-order valence-electron chi connectivity index (χ3n) is 4.86. The van der Waals surface area contributed by atoms with Gasteiger partial charge < -0.3 is 15.1 Å². The Balaban J connectivity index is 1.48. The fraction of sp³-hybridized carbons (Fsp3) is 0.812. The highest BCUT2D eigenvalue weighted by Gasteiger charge is 2.23. The van der Waals surface area contributed by atoms with Crippen LogP contribution in [0.4, 0.5) is 5.13 Å². The van der Waals surface area contributed by atoms with Crippen LogP contribution in [0.15, 0.2) is 4.99 Å². The first-order chi connectivity index (χ1) is 11.3. The van der Waals surface area contributed by atoms with Gasteiger partial charge in [0.15, 0.2) is 5.96 Å². The summed E-state index contributed by atoms with van der Waals surface area (Å²) < 4.78 is 4.39.